The number of nitro benzene ring substituents is 1. The number of hydrogen-bond donors (Lipinski definition) is 3. The molecule has 0 atom stereocenters. The average molecular weight is 488 g/mol. The summed E-state index contributed by atoms with van der Waals surface area (Å²) < 4.78 is 1.71. The van der Waals surface area contributed by atoms with E-state index in [1.165, 1.54) is 30.3 Å². The molecule has 0 unspecified atom stereocenters. The third-order valence-electron chi connectivity index (χ3n) is 5.07. The summed E-state index contributed by atoms with van der Waals surface area (Å²) in [7, 11) is 0. The average Bonchev–Trinajstić information content (AvgIpc) is 3.30. The van der Waals surface area contributed by atoms with E-state index in [0.29, 0.717) is 16.9 Å². The monoisotopic (exact) mass is 488 g/mol. The molecule has 3 N–H and O–H groups in total. The van der Waals surface area contributed by atoms with Gasteiger partial charge in [0.05, 0.1) is 27.3 Å². The van der Waals surface area contributed by atoms with Gasteiger partial charge >= 0.3 is 17.9 Å². The van der Waals surface area contributed by atoms with Crippen molar-refractivity contribution in [2.45, 2.75) is 6.92 Å². The van der Waals surface area contributed by atoms with Crippen LogP contribution in [0, 0.1) is 17.0 Å². The summed E-state index contributed by atoms with van der Waals surface area (Å²) in [5, 5.41) is 37.4. The maximum Gasteiger partial charge on any atom is 0.337 e. The van der Waals surface area contributed by atoms with Crippen molar-refractivity contribution in [2.75, 3.05) is 0 Å². The summed E-state index contributed by atoms with van der Waals surface area (Å²) in [4.78, 5) is 42.8. The molecule has 0 spiro atoms. The number of rotatable bonds is 6. The van der Waals surface area contributed by atoms with Crippen LogP contribution in [0.15, 0.2) is 85.1 Å². The summed E-state index contributed by atoms with van der Waals surface area (Å²) in [6, 6.07) is 20.6. The van der Waals surface area contributed by atoms with Crippen molar-refractivity contribution in [1.29, 1.82) is 0 Å². The molecule has 10 heteroatoms. The van der Waals surface area contributed by atoms with Gasteiger partial charge in [-0.3, -0.25) is 10.1 Å². The van der Waals surface area contributed by atoms with Crippen molar-refractivity contribution >= 4 is 23.6 Å². The minimum absolute atomic E-state index is 0.00241. The zero-order valence-corrected chi connectivity index (χ0v) is 18.9. The first-order valence-electron chi connectivity index (χ1n) is 10.4. The molecule has 0 aliphatic carbocycles. The number of benzene rings is 3. The van der Waals surface area contributed by atoms with E-state index in [1.807, 2.05) is 30.3 Å². The van der Waals surface area contributed by atoms with Crippen LogP contribution in [-0.2, 0) is 0 Å². The van der Waals surface area contributed by atoms with Crippen molar-refractivity contribution in [3.63, 3.8) is 0 Å². The largest absolute Gasteiger partial charge is 0.478 e. The highest BCUT2D eigenvalue weighted by molar-refractivity contribution is 5.96. The van der Waals surface area contributed by atoms with Crippen LogP contribution in [0.1, 0.15) is 36.6 Å². The first kappa shape index (κ1) is 25.4. The molecule has 10 nitrogen and oxygen atoms in total. The number of aromatic nitrogens is 1. The number of nitrogens with zero attached hydrogens (tertiary/aromatic N) is 2. The standard InChI is InChI=1S/C17H12N2O4.C9H8O4/c20-17(21)15-10-11-18(16(15)12-4-2-1-3-5-12)13-6-8-14(9-7-13)19(22)23;1-5-2-6(8(10)11)4-7(3-5)9(12)13/h1-11H,(H,20,21);2-4H,1H3,(H,10,11)(H,12,13). The van der Waals surface area contributed by atoms with Gasteiger partial charge in [-0.15, -0.1) is 0 Å². The zero-order valence-electron chi connectivity index (χ0n) is 18.9. The Hall–Kier alpha value is -5.25. The van der Waals surface area contributed by atoms with E-state index < -0.39 is 22.8 Å². The van der Waals surface area contributed by atoms with Crippen molar-refractivity contribution < 1.29 is 34.6 Å². The van der Waals surface area contributed by atoms with E-state index in [-0.39, 0.29) is 22.4 Å². The number of carboxylic acid groups (broad SMARTS) is 3. The summed E-state index contributed by atoms with van der Waals surface area (Å²) in [5.41, 5.74) is 2.73. The normalized spacial score (nSPS) is 10.1. The van der Waals surface area contributed by atoms with Crippen LogP contribution in [0.4, 0.5) is 5.69 Å². The predicted molar refractivity (Wildman–Crippen MR) is 130 cm³/mol. The molecule has 1 heterocycles. The highest BCUT2D eigenvalue weighted by Crippen LogP contribution is 2.29. The topological polar surface area (TPSA) is 160 Å². The Morgan fingerprint density at radius 1 is 0.778 bits per heavy atom. The van der Waals surface area contributed by atoms with Crippen LogP contribution < -0.4 is 0 Å². The third kappa shape index (κ3) is 5.81. The van der Waals surface area contributed by atoms with Crippen LogP contribution in [0.3, 0.4) is 0 Å². The predicted octanol–water partition coefficient (Wildman–Crippen LogP) is 5.14. The molecule has 0 saturated heterocycles. The second-order valence-electron chi connectivity index (χ2n) is 7.59. The van der Waals surface area contributed by atoms with Gasteiger partial charge in [-0.2, -0.15) is 0 Å². The Morgan fingerprint density at radius 3 is 1.81 bits per heavy atom. The van der Waals surface area contributed by atoms with Gasteiger partial charge < -0.3 is 19.9 Å². The molecule has 1 aromatic heterocycles. The van der Waals surface area contributed by atoms with Crippen LogP contribution in [-0.4, -0.2) is 42.7 Å². The Labute approximate surface area is 204 Å². The molecule has 3 aromatic carbocycles. The number of non-ortho nitro benzene ring substituents is 1. The first-order valence-corrected chi connectivity index (χ1v) is 10.4. The zero-order chi connectivity index (χ0) is 26.4. The Bertz CT molecular complexity index is 1410. The third-order valence-corrected chi connectivity index (χ3v) is 5.07. The van der Waals surface area contributed by atoms with Crippen LogP contribution in [0.5, 0.6) is 0 Å². The molecule has 0 bridgehead atoms. The smallest absolute Gasteiger partial charge is 0.337 e. The summed E-state index contributed by atoms with van der Waals surface area (Å²) >= 11 is 0. The van der Waals surface area contributed by atoms with Crippen molar-refractivity contribution in [3.8, 4) is 16.9 Å². The SMILES string of the molecule is Cc1cc(C(=O)O)cc(C(=O)O)c1.O=C(O)c1ccn(-c2ccc([N+](=O)[O-])cc2)c1-c1ccccc1. The van der Waals surface area contributed by atoms with Crippen LogP contribution >= 0.6 is 0 Å². The molecular formula is C26H20N2O8. The molecular weight excluding hydrogens is 468 g/mol. The van der Waals surface area contributed by atoms with E-state index in [9.17, 15) is 29.6 Å². The molecule has 0 amide bonds. The Balaban J connectivity index is 0.000000236. The second-order valence-corrected chi connectivity index (χ2v) is 7.59. The quantitative estimate of drug-likeness (QED) is 0.248. The van der Waals surface area contributed by atoms with Gasteiger partial charge in [0.25, 0.3) is 5.69 Å². The van der Waals surface area contributed by atoms with Gasteiger partial charge in [0.15, 0.2) is 0 Å². The number of carbonyl (C=O) groups is 3. The highest BCUT2D eigenvalue weighted by Gasteiger charge is 2.18. The van der Waals surface area contributed by atoms with E-state index in [0.717, 1.165) is 11.6 Å². The van der Waals surface area contributed by atoms with E-state index >= 15 is 0 Å². The summed E-state index contributed by atoms with van der Waals surface area (Å²) in [6.07, 6.45) is 1.65. The van der Waals surface area contributed by atoms with E-state index in [2.05, 4.69) is 0 Å². The lowest BCUT2D eigenvalue weighted by Gasteiger charge is -2.10. The fourth-order valence-corrected chi connectivity index (χ4v) is 3.48. The van der Waals surface area contributed by atoms with Gasteiger partial charge in [-0.25, -0.2) is 14.4 Å². The Kier molecular flexibility index (Phi) is 7.60. The van der Waals surface area contributed by atoms with Crippen LogP contribution in [0.2, 0.25) is 0 Å². The lowest BCUT2D eigenvalue weighted by molar-refractivity contribution is -0.384. The minimum Gasteiger partial charge on any atom is -0.478 e. The number of carboxylic acids is 3. The van der Waals surface area contributed by atoms with Crippen molar-refractivity contribution in [2.24, 2.45) is 0 Å². The molecule has 4 rings (SSSR count). The molecule has 4 aromatic rings. The number of nitro groups is 1. The highest BCUT2D eigenvalue weighted by atomic mass is 16.6. The minimum atomic E-state index is -1.12. The van der Waals surface area contributed by atoms with Gasteiger partial charge in [-0.1, -0.05) is 30.3 Å². The molecule has 0 saturated carbocycles. The van der Waals surface area contributed by atoms with Gasteiger partial charge in [0, 0.05) is 24.0 Å². The molecule has 0 aliphatic rings. The second kappa shape index (κ2) is 10.8. The molecule has 0 fully saturated rings. The number of aryl methyl sites for hydroxylation is 1. The lowest BCUT2D eigenvalue weighted by Crippen LogP contribution is -2.02. The summed E-state index contributed by atoms with van der Waals surface area (Å²) in [5.74, 6) is -3.26. The molecule has 0 radical (unpaired) electrons. The van der Waals surface area contributed by atoms with E-state index in [1.54, 1.807) is 29.8 Å². The van der Waals surface area contributed by atoms with Gasteiger partial charge in [0.1, 0.15) is 0 Å². The number of aromatic carboxylic acids is 3. The van der Waals surface area contributed by atoms with Crippen molar-refractivity contribution in [1.82, 2.24) is 4.57 Å². The fraction of sp³-hybridized carbons (Fsp3) is 0.0385. The van der Waals surface area contributed by atoms with Crippen LogP contribution in [0.25, 0.3) is 16.9 Å². The molecule has 36 heavy (non-hydrogen) atoms. The lowest BCUT2D eigenvalue weighted by atomic mass is 10.1. The fourth-order valence-electron chi connectivity index (χ4n) is 3.48. The maximum absolute atomic E-state index is 11.5. The summed E-state index contributed by atoms with van der Waals surface area (Å²) in [6.45, 7) is 1.65. The van der Waals surface area contributed by atoms with E-state index in [4.69, 9.17) is 10.2 Å². The maximum atomic E-state index is 11.5. The molecule has 0 aliphatic heterocycles. The van der Waals surface area contributed by atoms with Crippen molar-refractivity contribution in [3.05, 3.63) is 117 Å². The Morgan fingerprint density at radius 2 is 1.33 bits per heavy atom. The van der Waals surface area contributed by atoms with Gasteiger partial charge in [-0.05, 0) is 54.4 Å². The molecule has 182 valence electrons. The first-order chi connectivity index (χ1) is 17.1. The van der Waals surface area contributed by atoms with Gasteiger partial charge in [0.2, 0.25) is 0 Å². The number of hydrogen-bond acceptors (Lipinski definition) is 5.